The number of halogens is 23. The summed E-state index contributed by atoms with van der Waals surface area (Å²) in [4.78, 5) is 1.87. The van der Waals surface area contributed by atoms with Crippen molar-refractivity contribution in [3.05, 3.63) is 127 Å². The lowest BCUT2D eigenvalue weighted by atomic mass is 9.78. The number of hydrogen-bond acceptors (Lipinski definition) is 2. The monoisotopic (exact) mass is 803 g/mol. The topological polar surface area (TPSA) is 21.6 Å². The third-order valence-corrected chi connectivity index (χ3v) is 7.34. The zero-order valence-corrected chi connectivity index (χ0v) is 23.5. The maximum Gasteiger partial charge on any atom is 0.405 e. The van der Waals surface area contributed by atoms with Crippen LogP contribution in [0.15, 0.2) is 4.99 Å². The van der Waals surface area contributed by atoms with E-state index >= 15 is 52.7 Å². The van der Waals surface area contributed by atoms with Crippen LogP contribution in [0.2, 0.25) is 0 Å². The summed E-state index contributed by atoms with van der Waals surface area (Å²) in [5.74, 6) is -66.3. The molecular formula is C28F23NO. The quantitative estimate of drug-likeness (QED) is 0.114. The summed E-state index contributed by atoms with van der Waals surface area (Å²) in [6.07, 6.45) is -13.5. The molecule has 0 radical (unpaired) electrons. The predicted octanol–water partition coefficient (Wildman–Crippen LogP) is 9.95. The molecule has 0 saturated heterocycles. The van der Waals surface area contributed by atoms with Crippen LogP contribution in [0.3, 0.4) is 0 Å². The first-order valence-electron chi connectivity index (χ1n) is 12.7. The highest BCUT2D eigenvalue weighted by Gasteiger charge is 2.72. The number of ether oxygens (including phenoxy) is 1. The van der Waals surface area contributed by atoms with Gasteiger partial charge in [0.15, 0.2) is 93.1 Å². The molecule has 0 N–H and O–H groups in total. The highest BCUT2D eigenvalue weighted by molar-refractivity contribution is 6.06. The molecule has 0 aliphatic carbocycles. The molecule has 284 valence electrons. The van der Waals surface area contributed by atoms with Gasteiger partial charge in [-0.05, 0) is 0 Å². The molecule has 0 aromatic heterocycles. The van der Waals surface area contributed by atoms with Gasteiger partial charge in [0.2, 0.25) is 23.0 Å². The van der Waals surface area contributed by atoms with Crippen molar-refractivity contribution in [1.82, 2.24) is 0 Å². The van der Waals surface area contributed by atoms with E-state index < -0.39 is 162 Å². The molecule has 0 bridgehead atoms. The van der Waals surface area contributed by atoms with Gasteiger partial charge >= 0.3 is 12.2 Å². The second-order valence-corrected chi connectivity index (χ2v) is 10.1. The molecule has 1 heterocycles. The van der Waals surface area contributed by atoms with E-state index in [0.29, 0.717) is 0 Å². The standard InChI is InChI=1S/C28F23NO/c29-6-1(2-8(31)16(39)22(45)17(40)9(2)32)7(30)11(34)3(10(6)33)25-27(48,49)53-28(50,51)26(52-25,4-12(35)18(41)23(46)19(42)13(4)36)5-14(37)20(43)24(47)21(44)15(5)38. The van der Waals surface area contributed by atoms with Crippen LogP contribution in [0.4, 0.5) is 101 Å². The summed E-state index contributed by atoms with van der Waals surface area (Å²) < 4.78 is 341. The summed E-state index contributed by atoms with van der Waals surface area (Å²) in [5.41, 5.74) is -26.8. The SMILES string of the molecule is Fc1c(F)c(F)c(-c2c(F)c(F)c(C3=NC(c4c(F)c(F)c(F)c(F)c4F)(c4c(F)c(F)c(F)c(F)c4F)C(F)(F)OC3(F)F)c(F)c2F)c(F)c1F. The fourth-order valence-corrected chi connectivity index (χ4v) is 5.04. The Hall–Kier alpha value is -5.10. The van der Waals surface area contributed by atoms with Crippen molar-refractivity contribution in [2.75, 3.05) is 0 Å². The zero-order valence-electron chi connectivity index (χ0n) is 23.5. The van der Waals surface area contributed by atoms with Crippen molar-refractivity contribution < 1.29 is 106 Å². The van der Waals surface area contributed by atoms with Gasteiger partial charge in [0.05, 0.1) is 27.8 Å². The van der Waals surface area contributed by atoms with Crippen LogP contribution in [-0.2, 0) is 10.3 Å². The first-order chi connectivity index (χ1) is 24.2. The van der Waals surface area contributed by atoms with Crippen LogP contribution in [0.25, 0.3) is 11.1 Å². The maximum atomic E-state index is 15.7. The molecule has 4 aromatic carbocycles. The van der Waals surface area contributed by atoms with Gasteiger partial charge in [-0.2, -0.15) is 17.6 Å². The molecule has 0 unspecified atom stereocenters. The predicted molar refractivity (Wildman–Crippen MR) is 122 cm³/mol. The molecule has 1 aliphatic rings. The molecule has 0 fully saturated rings. The first kappa shape index (κ1) is 39.1. The summed E-state index contributed by atoms with van der Waals surface area (Å²) in [6.45, 7) is 0. The number of nitrogens with zero attached hydrogens (tertiary/aromatic N) is 1. The Bertz CT molecular complexity index is 2150. The van der Waals surface area contributed by atoms with E-state index in [-0.39, 0.29) is 0 Å². The van der Waals surface area contributed by atoms with E-state index in [1.165, 1.54) is 0 Å². The molecule has 5 rings (SSSR count). The van der Waals surface area contributed by atoms with Gasteiger partial charge in [0, 0.05) is 0 Å². The molecule has 0 atom stereocenters. The zero-order chi connectivity index (χ0) is 40.3. The minimum Gasteiger partial charge on any atom is -0.254 e. The molecule has 1 aliphatic heterocycles. The molecule has 0 spiro atoms. The fourth-order valence-electron chi connectivity index (χ4n) is 5.04. The van der Waals surface area contributed by atoms with Crippen LogP contribution in [-0.4, -0.2) is 17.9 Å². The minimum absolute atomic E-state index is 1.87. The van der Waals surface area contributed by atoms with Crippen molar-refractivity contribution in [3.63, 3.8) is 0 Å². The van der Waals surface area contributed by atoms with Crippen LogP contribution in [0, 0.1) is 111 Å². The Kier molecular flexibility index (Phi) is 9.02. The Morgan fingerprint density at radius 3 is 0.830 bits per heavy atom. The second kappa shape index (κ2) is 12.2. The lowest BCUT2D eigenvalue weighted by molar-refractivity contribution is -0.375. The summed E-state index contributed by atoms with van der Waals surface area (Å²) in [6, 6.07) is 0. The van der Waals surface area contributed by atoms with Crippen molar-refractivity contribution >= 4 is 5.71 Å². The second-order valence-electron chi connectivity index (χ2n) is 10.1. The molecular weight excluding hydrogens is 803 g/mol. The van der Waals surface area contributed by atoms with Gasteiger partial charge in [0.25, 0.3) is 0 Å². The highest BCUT2D eigenvalue weighted by atomic mass is 19.3. The van der Waals surface area contributed by atoms with Crippen molar-refractivity contribution in [3.8, 4) is 11.1 Å². The number of alkyl halides is 4. The van der Waals surface area contributed by atoms with Gasteiger partial charge in [-0.1, -0.05) is 0 Å². The number of hydrogen-bond donors (Lipinski definition) is 0. The van der Waals surface area contributed by atoms with Crippen molar-refractivity contribution in [1.29, 1.82) is 0 Å². The maximum absolute atomic E-state index is 15.7. The van der Waals surface area contributed by atoms with Crippen LogP contribution < -0.4 is 0 Å². The number of rotatable bonds is 4. The average molecular weight is 803 g/mol. The third kappa shape index (κ3) is 5.04. The molecule has 53 heavy (non-hydrogen) atoms. The Balaban J connectivity index is 2.08. The summed E-state index contributed by atoms with van der Waals surface area (Å²) >= 11 is 0. The largest absolute Gasteiger partial charge is 0.405 e. The summed E-state index contributed by atoms with van der Waals surface area (Å²) in [5, 5.41) is 0. The van der Waals surface area contributed by atoms with Gasteiger partial charge in [-0.25, -0.2) is 88.2 Å². The highest BCUT2D eigenvalue weighted by Crippen LogP contribution is 2.57. The molecule has 2 nitrogen and oxygen atoms in total. The van der Waals surface area contributed by atoms with Crippen LogP contribution in [0.5, 0.6) is 0 Å². The Labute approximate surface area is 273 Å². The molecule has 25 heteroatoms. The molecule has 4 aromatic rings. The van der Waals surface area contributed by atoms with Crippen molar-refractivity contribution in [2.24, 2.45) is 4.99 Å². The molecule has 0 amide bonds. The minimum atomic E-state index is -6.96. The van der Waals surface area contributed by atoms with Gasteiger partial charge in [-0.15, -0.1) is 0 Å². The van der Waals surface area contributed by atoms with Crippen LogP contribution >= 0.6 is 0 Å². The van der Waals surface area contributed by atoms with Gasteiger partial charge < -0.3 is 0 Å². The smallest absolute Gasteiger partial charge is 0.254 e. The van der Waals surface area contributed by atoms with Crippen LogP contribution in [0.1, 0.15) is 16.7 Å². The summed E-state index contributed by atoms with van der Waals surface area (Å²) in [7, 11) is 0. The van der Waals surface area contributed by atoms with E-state index in [2.05, 4.69) is 4.74 Å². The number of aliphatic imine (C=N–C) groups is 1. The number of benzene rings is 4. The third-order valence-electron chi connectivity index (χ3n) is 7.34. The van der Waals surface area contributed by atoms with Crippen molar-refractivity contribution in [2.45, 2.75) is 17.8 Å². The average Bonchev–Trinajstić information content (AvgIpc) is 3.08. The fraction of sp³-hybridized carbons (Fsp3) is 0.107. The Morgan fingerprint density at radius 2 is 0.528 bits per heavy atom. The molecule has 0 saturated carbocycles. The van der Waals surface area contributed by atoms with E-state index in [9.17, 15) is 48.3 Å². The van der Waals surface area contributed by atoms with E-state index in [1.54, 1.807) is 0 Å². The lowest BCUT2D eigenvalue weighted by Gasteiger charge is -2.43. The normalized spacial score (nSPS) is 16.3. The van der Waals surface area contributed by atoms with Gasteiger partial charge in [-0.3, -0.25) is 4.99 Å². The van der Waals surface area contributed by atoms with E-state index in [0.717, 1.165) is 0 Å². The Morgan fingerprint density at radius 1 is 0.302 bits per heavy atom. The van der Waals surface area contributed by atoms with E-state index in [1.807, 2.05) is 4.99 Å². The first-order valence-corrected chi connectivity index (χ1v) is 12.7. The van der Waals surface area contributed by atoms with E-state index in [4.69, 9.17) is 0 Å². The lowest BCUT2D eigenvalue weighted by Crippen LogP contribution is -2.59. The van der Waals surface area contributed by atoms with Gasteiger partial charge in [0.1, 0.15) is 5.71 Å².